The minimum absolute atomic E-state index is 0.0247. The van der Waals surface area contributed by atoms with Crippen molar-refractivity contribution in [2.24, 2.45) is 5.41 Å². The number of hydrogen-bond acceptors (Lipinski definition) is 4. The van der Waals surface area contributed by atoms with E-state index < -0.39 is 10.0 Å². The van der Waals surface area contributed by atoms with Gasteiger partial charge in [0.05, 0.1) is 7.11 Å². The zero-order valence-corrected chi connectivity index (χ0v) is 14.5. The van der Waals surface area contributed by atoms with E-state index in [1.54, 1.807) is 19.2 Å². The highest BCUT2D eigenvalue weighted by molar-refractivity contribution is 7.89. The van der Waals surface area contributed by atoms with Crippen LogP contribution in [0.25, 0.3) is 0 Å². The van der Waals surface area contributed by atoms with E-state index in [0.717, 1.165) is 30.4 Å². The lowest BCUT2D eigenvalue weighted by molar-refractivity contribution is 0.0311. The molecule has 0 unspecified atom stereocenters. The van der Waals surface area contributed by atoms with E-state index >= 15 is 0 Å². The third-order valence-electron chi connectivity index (χ3n) is 4.78. The van der Waals surface area contributed by atoms with Gasteiger partial charge >= 0.3 is 0 Å². The molecule has 0 amide bonds. The van der Waals surface area contributed by atoms with Crippen LogP contribution in [-0.2, 0) is 10.0 Å². The fourth-order valence-electron chi connectivity index (χ4n) is 2.89. The summed E-state index contributed by atoms with van der Waals surface area (Å²) in [6, 6.07) is 3.41. The lowest BCUT2D eigenvalue weighted by atomic mass is 9.69. The van der Waals surface area contributed by atoms with Gasteiger partial charge in [-0.3, -0.25) is 0 Å². The lowest BCUT2D eigenvalue weighted by Gasteiger charge is -2.42. The summed E-state index contributed by atoms with van der Waals surface area (Å²) in [5, 5.41) is 9.56. The van der Waals surface area contributed by atoms with Gasteiger partial charge in [0.25, 0.3) is 0 Å². The van der Waals surface area contributed by atoms with E-state index in [0.29, 0.717) is 12.3 Å². The van der Waals surface area contributed by atoms with E-state index in [1.807, 2.05) is 13.8 Å². The Bertz CT molecular complexity index is 645. The first-order chi connectivity index (χ1) is 10.3. The predicted molar refractivity (Wildman–Crippen MR) is 85.7 cm³/mol. The van der Waals surface area contributed by atoms with Crippen molar-refractivity contribution in [1.29, 1.82) is 0 Å². The maximum absolute atomic E-state index is 12.9. The van der Waals surface area contributed by atoms with Crippen molar-refractivity contribution in [2.75, 3.05) is 27.3 Å². The number of nitrogens with zero attached hydrogens (tertiary/aromatic N) is 1. The lowest BCUT2D eigenvalue weighted by Crippen LogP contribution is -2.45. The minimum atomic E-state index is -3.64. The number of aliphatic hydroxyl groups excluding tert-OH is 1. The molecule has 1 aliphatic carbocycles. The summed E-state index contributed by atoms with van der Waals surface area (Å²) in [5.41, 5.74) is 1.62. The van der Waals surface area contributed by atoms with Crippen LogP contribution in [-0.4, -0.2) is 45.1 Å². The van der Waals surface area contributed by atoms with Crippen molar-refractivity contribution in [3.05, 3.63) is 23.3 Å². The van der Waals surface area contributed by atoms with Crippen molar-refractivity contribution in [3.8, 4) is 5.75 Å². The molecule has 5 nitrogen and oxygen atoms in total. The molecule has 0 bridgehead atoms. The maximum Gasteiger partial charge on any atom is 0.246 e. The molecule has 0 atom stereocenters. The molecule has 0 aliphatic heterocycles. The van der Waals surface area contributed by atoms with Gasteiger partial charge in [0, 0.05) is 25.6 Å². The van der Waals surface area contributed by atoms with Crippen molar-refractivity contribution >= 4 is 10.0 Å². The summed E-state index contributed by atoms with van der Waals surface area (Å²) < 4.78 is 32.3. The van der Waals surface area contributed by atoms with E-state index in [1.165, 1.54) is 11.4 Å². The van der Waals surface area contributed by atoms with E-state index in [-0.39, 0.29) is 16.9 Å². The SMILES string of the molecule is COc1cc(C)c(C)cc1S(=O)(=O)N(C)CC1(CO)CCC1. The number of ether oxygens (including phenoxy) is 1. The molecule has 6 heteroatoms. The summed E-state index contributed by atoms with van der Waals surface area (Å²) in [6.45, 7) is 4.17. The van der Waals surface area contributed by atoms with E-state index in [4.69, 9.17) is 4.74 Å². The Morgan fingerprint density at radius 1 is 1.27 bits per heavy atom. The Morgan fingerprint density at radius 2 is 1.86 bits per heavy atom. The first-order valence-electron chi connectivity index (χ1n) is 7.48. The third kappa shape index (κ3) is 3.00. The number of sulfonamides is 1. The van der Waals surface area contributed by atoms with Gasteiger partial charge in [0.1, 0.15) is 10.6 Å². The van der Waals surface area contributed by atoms with Crippen LogP contribution in [0.3, 0.4) is 0 Å². The molecule has 0 aromatic heterocycles. The zero-order valence-electron chi connectivity index (χ0n) is 13.7. The normalized spacial score (nSPS) is 17.4. The second-order valence-corrected chi connectivity index (χ2v) is 8.37. The molecule has 22 heavy (non-hydrogen) atoms. The Hall–Kier alpha value is -1.11. The Morgan fingerprint density at radius 3 is 2.32 bits per heavy atom. The molecule has 1 aromatic rings. The predicted octanol–water partition coefficient (Wildman–Crippen LogP) is 2.10. The van der Waals surface area contributed by atoms with Crippen LogP contribution in [0, 0.1) is 19.3 Å². The van der Waals surface area contributed by atoms with Crippen LogP contribution in [0.2, 0.25) is 0 Å². The maximum atomic E-state index is 12.9. The zero-order chi connectivity index (χ0) is 16.5. The second-order valence-electron chi connectivity index (χ2n) is 6.36. The average Bonchev–Trinajstić information content (AvgIpc) is 2.44. The van der Waals surface area contributed by atoms with Gasteiger partial charge in [-0.2, -0.15) is 0 Å². The van der Waals surface area contributed by atoms with Crippen LogP contribution in [0.4, 0.5) is 0 Å². The van der Waals surface area contributed by atoms with Crippen molar-refractivity contribution in [3.63, 3.8) is 0 Å². The van der Waals surface area contributed by atoms with Gasteiger partial charge < -0.3 is 9.84 Å². The average molecular weight is 327 g/mol. The van der Waals surface area contributed by atoms with Gasteiger partial charge in [-0.15, -0.1) is 0 Å². The standard InChI is InChI=1S/C16H25NO4S/c1-12-8-14(21-4)15(9-13(12)2)22(19,20)17(3)10-16(11-18)6-5-7-16/h8-9,18H,5-7,10-11H2,1-4H3. The molecule has 1 saturated carbocycles. The van der Waals surface area contributed by atoms with Gasteiger partial charge in [-0.1, -0.05) is 6.42 Å². The summed E-state index contributed by atoms with van der Waals surface area (Å²) >= 11 is 0. The molecule has 0 saturated heterocycles. The van der Waals surface area contributed by atoms with Gasteiger partial charge in [-0.05, 0) is 49.9 Å². The Kier molecular flexibility index (Phi) is 4.84. The number of benzene rings is 1. The van der Waals surface area contributed by atoms with Crippen LogP contribution < -0.4 is 4.74 Å². The van der Waals surface area contributed by atoms with Crippen LogP contribution in [0.5, 0.6) is 5.75 Å². The van der Waals surface area contributed by atoms with Crippen molar-refractivity contribution in [1.82, 2.24) is 4.31 Å². The number of aliphatic hydroxyl groups is 1. The summed E-state index contributed by atoms with van der Waals surface area (Å²) in [5.74, 6) is 0.363. The van der Waals surface area contributed by atoms with E-state index in [2.05, 4.69) is 0 Å². The number of methoxy groups -OCH3 is 1. The van der Waals surface area contributed by atoms with E-state index in [9.17, 15) is 13.5 Å². The molecular weight excluding hydrogens is 302 g/mol. The third-order valence-corrected chi connectivity index (χ3v) is 6.60. The fourth-order valence-corrected chi connectivity index (χ4v) is 4.39. The Balaban J connectivity index is 2.35. The molecule has 1 aromatic carbocycles. The summed E-state index contributed by atoms with van der Waals surface area (Å²) in [6.07, 6.45) is 2.78. The van der Waals surface area contributed by atoms with Crippen molar-refractivity contribution in [2.45, 2.75) is 38.0 Å². The van der Waals surface area contributed by atoms with Gasteiger partial charge in [0.2, 0.25) is 10.0 Å². The molecular formula is C16H25NO4S. The van der Waals surface area contributed by atoms with Crippen LogP contribution >= 0.6 is 0 Å². The quantitative estimate of drug-likeness (QED) is 0.869. The van der Waals surface area contributed by atoms with Crippen LogP contribution in [0.15, 0.2) is 17.0 Å². The Labute approximate surface area is 133 Å². The molecule has 1 fully saturated rings. The van der Waals surface area contributed by atoms with Crippen LogP contribution in [0.1, 0.15) is 30.4 Å². The highest BCUT2D eigenvalue weighted by Crippen LogP contribution is 2.42. The number of aryl methyl sites for hydroxylation is 2. The molecule has 2 rings (SSSR count). The van der Waals surface area contributed by atoms with Gasteiger partial charge in [-0.25, -0.2) is 12.7 Å². The monoisotopic (exact) mass is 327 g/mol. The fraction of sp³-hybridized carbons (Fsp3) is 0.625. The molecule has 1 aliphatic rings. The number of rotatable bonds is 6. The van der Waals surface area contributed by atoms with Crippen molar-refractivity contribution < 1.29 is 18.3 Å². The summed E-state index contributed by atoms with van der Waals surface area (Å²) in [4.78, 5) is 0.188. The minimum Gasteiger partial charge on any atom is -0.495 e. The highest BCUT2D eigenvalue weighted by Gasteiger charge is 2.40. The highest BCUT2D eigenvalue weighted by atomic mass is 32.2. The largest absolute Gasteiger partial charge is 0.495 e. The molecule has 1 N–H and O–H groups in total. The first kappa shape index (κ1) is 17.2. The molecule has 0 spiro atoms. The topological polar surface area (TPSA) is 66.8 Å². The molecule has 124 valence electrons. The first-order valence-corrected chi connectivity index (χ1v) is 8.92. The van der Waals surface area contributed by atoms with Gasteiger partial charge in [0.15, 0.2) is 0 Å². The molecule has 0 radical (unpaired) electrons. The smallest absolute Gasteiger partial charge is 0.246 e. The molecule has 0 heterocycles. The summed E-state index contributed by atoms with van der Waals surface area (Å²) in [7, 11) is -0.598. The second kappa shape index (κ2) is 6.18. The number of hydrogen-bond donors (Lipinski definition) is 1.